The molecule has 1 fully saturated rings. The van der Waals surface area contributed by atoms with Crippen LogP contribution in [0.4, 0.5) is 11.4 Å². The molecule has 0 amide bonds. The summed E-state index contributed by atoms with van der Waals surface area (Å²) < 4.78 is 0. The van der Waals surface area contributed by atoms with Gasteiger partial charge in [-0.1, -0.05) is 6.92 Å². The van der Waals surface area contributed by atoms with Gasteiger partial charge in [0.2, 0.25) is 0 Å². The molecule has 1 aromatic heterocycles. The van der Waals surface area contributed by atoms with Crippen molar-refractivity contribution >= 4 is 22.3 Å². The molecule has 1 saturated carbocycles. The van der Waals surface area contributed by atoms with Crippen LogP contribution in [0.2, 0.25) is 0 Å². The third kappa shape index (κ3) is 2.23. The number of nitro groups is 1. The van der Waals surface area contributed by atoms with E-state index in [2.05, 4.69) is 17.2 Å². The SMILES string of the molecule is CC1CC1CNc1ccc([N+](=O)[O-])c2ncccc12. The number of pyridine rings is 1. The van der Waals surface area contributed by atoms with E-state index in [0.29, 0.717) is 5.52 Å². The summed E-state index contributed by atoms with van der Waals surface area (Å²) in [4.78, 5) is 14.7. The van der Waals surface area contributed by atoms with Crippen LogP contribution in [0.25, 0.3) is 10.9 Å². The number of hydrogen-bond donors (Lipinski definition) is 1. The molecule has 0 spiro atoms. The summed E-state index contributed by atoms with van der Waals surface area (Å²) >= 11 is 0. The van der Waals surface area contributed by atoms with E-state index in [-0.39, 0.29) is 10.6 Å². The molecule has 0 aliphatic heterocycles. The van der Waals surface area contributed by atoms with E-state index in [1.165, 1.54) is 12.5 Å². The van der Waals surface area contributed by atoms with E-state index >= 15 is 0 Å². The van der Waals surface area contributed by atoms with Crippen molar-refractivity contribution in [3.63, 3.8) is 0 Å². The predicted molar refractivity (Wildman–Crippen MR) is 74.2 cm³/mol. The van der Waals surface area contributed by atoms with Gasteiger partial charge < -0.3 is 5.32 Å². The highest BCUT2D eigenvalue weighted by molar-refractivity contribution is 5.96. The first-order valence-corrected chi connectivity index (χ1v) is 6.43. The quantitative estimate of drug-likeness (QED) is 0.674. The average molecular weight is 257 g/mol. The fourth-order valence-corrected chi connectivity index (χ4v) is 2.38. The van der Waals surface area contributed by atoms with Gasteiger partial charge in [0.1, 0.15) is 5.52 Å². The second-order valence-corrected chi connectivity index (χ2v) is 5.14. The lowest BCUT2D eigenvalue weighted by atomic mass is 10.1. The monoisotopic (exact) mass is 257 g/mol. The largest absolute Gasteiger partial charge is 0.384 e. The molecule has 5 heteroatoms. The summed E-state index contributed by atoms with van der Waals surface area (Å²) in [6.07, 6.45) is 2.85. The van der Waals surface area contributed by atoms with Gasteiger partial charge in [0.15, 0.2) is 0 Å². The van der Waals surface area contributed by atoms with Crippen molar-refractivity contribution in [3.8, 4) is 0 Å². The topological polar surface area (TPSA) is 68.1 Å². The molecular formula is C14H15N3O2. The first-order chi connectivity index (χ1) is 9.16. The van der Waals surface area contributed by atoms with Crippen molar-refractivity contribution in [2.24, 2.45) is 11.8 Å². The van der Waals surface area contributed by atoms with Crippen LogP contribution >= 0.6 is 0 Å². The zero-order chi connectivity index (χ0) is 13.4. The van der Waals surface area contributed by atoms with Crippen LogP contribution in [0.3, 0.4) is 0 Å². The van der Waals surface area contributed by atoms with Gasteiger partial charge in [-0.3, -0.25) is 10.1 Å². The van der Waals surface area contributed by atoms with Crippen LogP contribution in [0.1, 0.15) is 13.3 Å². The minimum atomic E-state index is -0.387. The first-order valence-electron chi connectivity index (χ1n) is 6.43. The molecule has 0 saturated heterocycles. The smallest absolute Gasteiger partial charge is 0.295 e. The van der Waals surface area contributed by atoms with Crippen molar-refractivity contribution in [1.29, 1.82) is 0 Å². The van der Waals surface area contributed by atoms with E-state index in [4.69, 9.17) is 0 Å². The molecular weight excluding hydrogens is 242 g/mol. The van der Waals surface area contributed by atoms with E-state index in [1.54, 1.807) is 18.3 Å². The van der Waals surface area contributed by atoms with Crippen LogP contribution in [0, 0.1) is 22.0 Å². The Morgan fingerprint density at radius 2 is 2.26 bits per heavy atom. The number of rotatable bonds is 4. The van der Waals surface area contributed by atoms with E-state index in [0.717, 1.165) is 29.5 Å². The zero-order valence-corrected chi connectivity index (χ0v) is 10.7. The zero-order valence-electron chi connectivity index (χ0n) is 10.7. The standard InChI is InChI=1S/C14H15N3O2/c1-9-7-10(9)8-16-12-4-5-13(17(18)19)14-11(12)3-2-6-15-14/h2-6,9-10,16H,7-8H2,1H3. The molecule has 1 aliphatic rings. The minimum Gasteiger partial charge on any atom is -0.384 e. The number of non-ortho nitro benzene ring substituents is 1. The highest BCUT2D eigenvalue weighted by Crippen LogP contribution is 2.38. The van der Waals surface area contributed by atoms with Gasteiger partial charge in [0.25, 0.3) is 5.69 Å². The van der Waals surface area contributed by atoms with Crippen molar-refractivity contribution in [3.05, 3.63) is 40.6 Å². The summed E-state index contributed by atoms with van der Waals surface area (Å²) in [6, 6.07) is 6.97. The number of nitrogens with one attached hydrogen (secondary N) is 1. The Labute approximate surface area is 110 Å². The highest BCUT2D eigenvalue weighted by atomic mass is 16.6. The van der Waals surface area contributed by atoms with Gasteiger partial charge in [-0.2, -0.15) is 0 Å². The van der Waals surface area contributed by atoms with E-state index in [9.17, 15) is 10.1 Å². The predicted octanol–water partition coefficient (Wildman–Crippen LogP) is 3.21. The molecule has 2 atom stereocenters. The minimum absolute atomic E-state index is 0.0564. The highest BCUT2D eigenvalue weighted by Gasteiger charge is 2.32. The molecule has 19 heavy (non-hydrogen) atoms. The van der Waals surface area contributed by atoms with Crippen LogP contribution < -0.4 is 5.32 Å². The second kappa shape index (κ2) is 4.50. The normalized spacial score (nSPS) is 21.3. The van der Waals surface area contributed by atoms with Crippen LogP contribution in [0.15, 0.2) is 30.5 Å². The van der Waals surface area contributed by atoms with Gasteiger partial charge in [0.05, 0.1) is 4.92 Å². The Kier molecular flexibility index (Phi) is 2.81. The second-order valence-electron chi connectivity index (χ2n) is 5.14. The van der Waals surface area contributed by atoms with Gasteiger partial charge in [0, 0.05) is 29.9 Å². The molecule has 1 N–H and O–H groups in total. The van der Waals surface area contributed by atoms with E-state index in [1.807, 2.05) is 6.07 Å². The fraction of sp³-hybridized carbons (Fsp3) is 0.357. The van der Waals surface area contributed by atoms with Gasteiger partial charge >= 0.3 is 0 Å². The Morgan fingerprint density at radius 1 is 1.47 bits per heavy atom. The molecule has 3 rings (SSSR count). The fourth-order valence-electron chi connectivity index (χ4n) is 2.38. The number of nitro benzene ring substituents is 1. The molecule has 0 bridgehead atoms. The molecule has 2 aromatic rings. The molecule has 2 unspecified atom stereocenters. The number of nitrogens with zero attached hydrogens (tertiary/aromatic N) is 2. The third-order valence-electron chi connectivity index (χ3n) is 3.78. The lowest BCUT2D eigenvalue weighted by Gasteiger charge is -2.09. The molecule has 5 nitrogen and oxygen atoms in total. The van der Waals surface area contributed by atoms with Crippen molar-refractivity contribution in [2.45, 2.75) is 13.3 Å². The first kappa shape index (κ1) is 11.9. The summed E-state index contributed by atoms with van der Waals surface area (Å²) in [7, 11) is 0. The lowest BCUT2D eigenvalue weighted by molar-refractivity contribution is -0.383. The molecule has 1 aliphatic carbocycles. The van der Waals surface area contributed by atoms with Crippen LogP contribution in [-0.2, 0) is 0 Å². The maximum atomic E-state index is 11.0. The molecule has 0 radical (unpaired) electrons. The Morgan fingerprint density at radius 3 is 2.95 bits per heavy atom. The van der Waals surface area contributed by atoms with Gasteiger partial charge in [-0.05, 0) is 36.5 Å². The Hall–Kier alpha value is -2.17. The van der Waals surface area contributed by atoms with Crippen molar-refractivity contribution < 1.29 is 4.92 Å². The molecule has 98 valence electrons. The molecule has 1 aromatic carbocycles. The molecule has 1 heterocycles. The summed E-state index contributed by atoms with van der Waals surface area (Å²) in [5.41, 5.74) is 1.43. The van der Waals surface area contributed by atoms with Crippen molar-refractivity contribution in [1.82, 2.24) is 4.98 Å². The number of hydrogen-bond acceptors (Lipinski definition) is 4. The van der Waals surface area contributed by atoms with Gasteiger partial charge in [-0.15, -0.1) is 0 Å². The lowest BCUT2D eigenvalue weighted by Crippen LogP contribution is -2.05. The van der Waals surface area contributed by atoms with Crippen molar-refractivity contribution in [2.75, 3.05) is 11.9 Å². The van der Waals surface area contributed by atoms with E-state index < -0.39 is 0 Å². The number of anilines is 1. The van der Waals surface area contributed by atoms with Gasteiger partial charge in [-0.25, -0.2) is 4.98 Å². The summed E-state index contributed by atoms with van der Waals surface area (Å²) in [5, 5.41) is 15.2. The summed E-state index contributed by atoms with van der Waals surface area (Å²) in [6.45, 7) is 3.16. The number of fused-ring (bicyclic) bond motifs is 1. The Bertz CT molecular complexity index is 642. The number of aromatic nitrogens is 1. The maximum Gasteiger partial charge on any atom is 0.295 e. The summed E-state index contributed by atoms with van der Waals surface area (Å²) in [5.74, 6) is 1.51. The maximum absolute atomic E-state index is 11.0. The van der Waals surface area contributed by atoms with Crippen LogP contribution in [-0.4, -0.2) is 16.5 Å². The Balaban J connectivity index is 1.96. The average Bonchev–Trinajstić information content (AvgIpc) is 3.11. The van der Waals surface area contributed by atoms with Crippen LogP contribution in [0.5, 0.6) is 0 Å². The third-order valence-corrected chi connectivity index (χ3v) is 3.78. The number of benzene rings is 1.